The Morgan fingerprint density at radius 1 is 0.789 bits per heavy atom. The Bertz CT molecular complexity index is 1270. The van der Waals surface area contributed by atoms with Gasteiger partial charge in [-0.1, -0.05) is 12.2 Å². The van der Waals surface area contributed by atoms with Crippen LogP contribution in [0.3, 0.4) is 0 Å². The molecule has 5 aliphatic heterocycles. The van der Waals surface area contributed by atoms with E-state index in [0.717, 1.165) is 100 Å². The molecule has 7 heteroatoms. The van der Waals surface area contributed by atoms with Crippen LogP contribution in [0.15, 0.2) is 37.4 Å². The first kappa shape index (κ1) is 24.5. The fourth-order valence-corrected chi connectivity index (χ4v) is 9.53. The third-order valence-corrected chi connectivity index (χ3v) is 11.1. The van der Waals surface area contributed by atoms with E-state index in [1.165, 1.54) is 33.6 Å². The highest BCUT2D eigenvalue weighted by atomic mass is 31.2. The molecule has 2 aromatic rings. The van der Waals surface area contributed by atoms with Crippen LogP contribution in [-0.4, -0.2) is 39.4 Å². The monoisotopic (exact) mass is 532 g/mol. The number of anilines is 2. The van der Waals surface area contributed by atoms with Gasteiger partial charge in [0.05, 0.1) is 13.2 Å². The van der Waals surface area contributed by atoms with Crippen LogP contribution in [0, 0.1) is 0 Å². The number of nitrogens with zero attached hydrogens (tertiary/aromatic N) is 2. The van der Waals surface area contributed by atoms with Gasteiger partial charge in [-0.25, -0.2) is 0 Å². The number of hydrogen-bond acceptors (Lipinski definition) is 6. The van der Waals surface area contributed by atoms with Crippen LogP contribution in [0.4, 0.5) is 11.4 Å². The summed E-state index contributed by atoms with van der Waals surface area (Å²) in [6.45, 7) is 12.3. The second-order valence-corrected chi connectivity index (χ2v) is 13.3. The summed E-state index contributed by atoms with van der Waals surface area (Å²) in [6, 6.07) is 4.52. The Hall–Kier alpha value is -2.53. The van der Waals surface area contributed by atoms with Gasteiger partial charge in [-0.15, -0.1) is 13.2 Å². The van der Waals surface area contributed by atoms with E-state index in [2.05, 4.69) is 35.1 Å². The molecule has 38 heavy (non-hydrogen) atoms. The first-order valence-electron chi connectivity index (χ1n) is 14.3. The maximum atomic E-state index is 14.9. The van der Waals surface area contributed by atoms with Gasteiger partial charge in [-0.3, -0.25) is 4.57 Å². The van der Waals surface area contributed by atoms with Crippen molar-refractivity contribution in [3.05, 3.63) is 70.8 Å². The molecule has 0 unspecified atom stereocenters. The average molecular weight is 533 g/mol. The quantitative estimate of drug-likeness (QED) is 0.286. The minimum atomic E-state index is -3.67. The van der Waals surface area contributed by atoms with Crippen molar-refractivity contribution in [2.45, 2.75) is 57.0 Å². The second-order valence-electron chi connectivity index (χ2n) is 11.2. The van der Waals surface area contributed by atoms with Gasteiger partial charge in [0.15, 0.2) is 0 Å². The lowest BCUT2D eigenvalue weighted by Gasteiger charge is -2.43. The number of fused-ring (bicyclic) bond motifs is 4. The first-order chi connectivity index (χ1) is 18.6. The summed E-state index contributed by atoms with van der Waals surface area (Å²) >= 11 is 0. The van der Waals surface area contributed by atoms with Gasteiger partial charge in [0.25, 0.3) is 0 Å². The summed E-state index contributed by atoms with van der Waals surface area (Å²) in [5, 5.41) is 0. The van der Waals surface area contributed by atoms with Gasteiger partial charge in [0.1, 0.15) is 17.2 Å². The molecule has 2 aromatic carbocycles. The van der Waals surface area contributed by atoms with E-state index in [1.807, 2.05) is 0 Å². The van der Waals surface area contributed by atoms with E-state index >= 15 is 0 Å². The van der Waals surface area contributed by atoms with Crippen LogP contribution in [0.25, 0.3) is 0 Å². The lowest BCUT2D eigenvalue weighted by molar-refractivity contribution is 0.229. The molecule has 5 heterocycles. The van der Waals surface area contributed by atoms with Crippen molar-refractivity contribution in [2.24, 2.45) is 0 Å². The Morgan fingerprint density at radius 2 is 1.24 bits per heavy atom. The largest absolute Gasteiger partial charge is 0.456 e. The average Bonchev–Trinajstić information content (AvgIpc) is 2.95. The lowest BCUT2D eigenvalue weighted by atomic mass is 9.83. The van der Waals surface area contributed by atoms with Gasteiger partial charge < -0.3 is 23.6 Å². The topological polar surface area (TPSA) is 51.2 Å². The van der Waals surface area contributed by atoms with Crippen molar-refractivity contribution in [3.8, 4) is 11.5 Å². The number of hydrogen-bond donors (Lipinski definition) is 0. The van der Waals surface area contributed by atoms with Crippen molar-refractivity contribution in [1.29, 1.82) is 0 Å². The van der Waals surface area contributed by atoms with Gasteiger partial charge in [0, 0.05) is 59.8 Å². The number of rotatable bonds is 7. The molecule has 0 spiro atoms. The van der Waals surface area contributed by atoms with Crippen LogP contribution < -0.4 is 14.5 Å². The zero-order chi connectivity index (χ0) is 25.9. The van der Waals surface area contributed by atoms with Crippen LogP contribution in [0.2, 0.25) is 0 Å². The summed E-state index contributed by atoms with van der Waals surface area (Å²) in [7, 11) is -3.67. The van der Waals surface area contributed by atoms with Crippen LogP contribution in [-0.2, 0) is 39.3 Å². The lowest BCUT2D eigenvalue weighted by Crippen LogP contribution is -2.36. The molecule has 0 saturated carbocycles. The molecule has 0 atom stereocenters. The maximum Gasteiger partial charge on any atom is 0.343 e. The summed E-state index contributed by atoms with van der Waals surface area (Å²) in [4.78, 5) is 5.07. The summed E-state index contributed by atoms with van der Waals surface area (Å²) in [6.07, 6.45) is 11.8. The van der Waals surface area contributed by atoms with Gasteiger partial charge in [-0.05, 0) is 74.6 Å². The van der Waals surface area contributed by atoms with E-state index in [1.54, 1.807) is 12.2 Å². The molecule has 5 aliphatic rings. The molecular weight excluding hydrogens is 495 g/mol. The highest BCUT2D eigenvalue weighted by molar-refractivity contribution is 7.54. The van der Waals surface area contributed by atoms with Gasteiger partial charge in [-0.2, -0.15) is 0 Å². The van der Waals surface area contributed by atoms with Crippen molar-refractivity contribution < 1.29 is 18.3 Å². The molecule has 0 saturated heterocycles. The molecular formula is C31H37N2O4P. The minimum Gasteiger partial charge on any atom is -0.456 e. The fraction of sp³-hybridized carbons (Fsp3) is 0.484. The van der Waals surface area contributed by atoms with Crippen molar-refractivity contribution in [2.75, 3.05) is 49.2 Å². The van der Waals surface area contributed by atoms with Crippen molar-refractivity contribution in [3.63, 3.8) is 0 Å². The third kappa shape index (κ3) is 3.71. The predicted molar refractivity (Wildman–Crippen MR) is 152 cm³/mol. The Balaban J connectivity index is 1.50. The van der Waals surface area contributed by atoms with E-state index in [-0.39, 0.29) is 13.2 Å². The van der Waals surface area contributed by atoms with Gasteiger partial charge in [0.2, 0.25) is 0 Å². The van der Waals surface area contributed by atoms with E-state index in [0.29, 0.717) is 0 Å². The number of benzene rings is 2. The van der Waals surface area contributed by atoms with Crippen LogP contribution in [0.5, 0.6) is 11.5 Å². The smallest absolute Gasteiger partial charge is 0.343 e. The van der Waals surface area contributed by atoms with E-state index in [9.17, 15) is 4.57 Å². The molecule has 7 rings (SSSR count). The molecule has 0 radical (unpaired) electrons. The maximum absolute atomic E-state index is 14.9. The standard InChI is InChI=1S/C31H37N2O4P/c1-3-17-35-38(34,36-18-4-2)31-25-19-21-9-5-13-32-15-7-11-23(27(21)32)29(25)37-30-24-12-8-16-33-14-6-10-22(28(24)33)20-26(30)31/h3-4,19-20,31H,1-2,5-18H2. The normalized spacial score (nSPS) is 19.6. The minimum absolute atomic E-state index is 0.160. The van der Waals surface area contributed by atoms with E-state index in [4.69, 9.17) is 13.8 Å². The third-order valence-electron chi connectivity index (χ3n) is 8.86. The highest BCUT2D eigenvalue weighted by Gasteiger charge is 2.47. The first-order valence-corrected chi connectivity index (χ1v) is 15.9. The molecule has 0 N–H and O–H groups in total. The number of aryl methyl sites for hydroxylation is 2. The Labute approximate surface area is 225 Å². The van der Waals surface area contributed by atoms with Crippen molar-refractivity contribution in [1.82, 2.24) is 0 Å². The van der Waals surface area contributed by atoms with E-state index < -0.39 is 13.3 Å². The molecule has 0 bridgehead atoms. The van der Waals surface area contributed by atoms with Crippen molar-refractivity contribution >= 4 is 19.0 Å². The Kier molecular flexibility index (Phi) is 6.18. The van der Waals surface area contributed by atoms with Crippen LogP contribution in [0.1, 0.15) is 64.7 Å². The fourth-order valence-electron chi connectivity index (χ4n) is 7.47. The summed E-state index contributed by atoms with van der Waals surface area (Å²) in [5.41, 5.74) is 9.31. The molecule has 0 fully saturated rings. The Morgan fingerprint density at radius 3 is 1.68 bits per heavy atom. The van der Waals surface area contributed by atoms with Crippen LogP contribution >= 0.6 is 7.60 Å². The highest BCUT2D eigenvalue weighted by Crippen LogP contribution is 2.70. The summed E-state index contributed by atoms with van der Waals surface area (Å²) in [5.74, 6) is 1.78. The molecule has 200 valence electrons. The van der Waals surface area contributed by atoms with Gasteiger partial charge >= 0.3 is 7.60 Å². The molecule has 0 aliphatic carbocycles. The summed E-state index contributed by atoms with van der Waals surface area (Å²) < 4.78 is 34.2. The number of ether oxygens (including phenoxy) is 1. The molecule has 6 nitrogen and oxygen atoms in total. The zero-order valence-electron chi connectivity index (χ0n) is 22.2. The zero-order valence-corrected chi connectivity index (χ0v) is 23.1. The molecule has 0 amide bonds. The molecule has 0 aromatic heterocycles. The SMILES string of the molecule is C=CCOP(=O)(OCC=C)C1c2cc3c4c(c2Oc2c1cc1c5c2CCCN5CCC1)CCCN4CCC3. The predicted octanol–water partition coefficient (Wildman–Crippen LogP) is 6.88. The second kappa shape index (κ2) is 9.59.